The molecular formula is C15H28N2O4. The average molecular weight is 300 g/mol. The summed E-state index contributed by atoms with van der Waals surface area (Å²) in [6.45, 7) is 11.9. The van der Waals surface area contributed by atoms with Crippen LogP contribution in [0.1, 0.15) is 48.0 Å². The van der Waals surface area contributed by atoms with Crippen molar-refractivity contribution < 1.29 is 19.1 Å². The number of amides is 1. The van der Waals surface area contributed by atoms with Gasteiger partial charge < -0.3 is 20.1 Å². The summed E-state index contributed by atoms with van der Waals surface area (Å²) < 4.78 is 10.6. The molecule has 6 nitrogen and oxygen atoms in total. The summed E-state index contributed by atoms with van der Waals surface area (Å²) in [4.78, 5) is 25.5. The molecule has 1 fully saturated rings. The molecule has 0 aliphatic carbocycles. The molecule has 0 radical (unpaired) electrons. The molecule has 0 aromatic heterocycles. The standard InChI is InChI=1S/C15H28N2O4/c1-14(2,3)20-12(18)11(16)10-7-8-17(9-10)13(19)21-15(4,5)6/h10-11H,7-9,16H2,1-6H3. The molecule has 0 aromatic carbocycles. The molecule has 2 atom stereocenters. The summed E-state index contributed by atoms with van der Waals surface area (Å²) in [7, 11) is 0. The Morgan fingerprint density at radius 2 is 1.62 bits per heavy atom. The van der Waals surface area contributed by atoms with Crippen LogP contribution in [0.2, 0.25) is 0 Å². The van der Waals surface area contributed by atoms with Gasteiger partial charge >= 0.3 is 12.1 Å². The maximum Gasteiger partial charge on any atom is 0.410 e. The molecule has 1 amide bonds. The van der Waals surface area contributed by atoms with Crippen molar-refractivity contribution in [3.05, 3.63) is 0 Å². The predicted molar refractivity (Wildman–Crippen MR) is 79.7 cm³/mol. The molecular weight excluding hydrogens is 272 g/mol. The number of hydrogen-bond donors (Lipinski definition) is 1. The zero-order valence-corrected chi connectivity index (χ0v) is 13.9. The summed E-state index contributed by atoms with van der Waals surface area (Å²) in [6.07, 6.45) is 0.320. The van der Waals surface area contributed by atoms with Crippen LogP contribution in [0.5, 0.6) is 0 Å². The van der Waals surface area contributed by atoms with Crippen molar-refractivity contribution in [1.29, 1.82) is 0 Å². The van der Waals surface area contributed by atoms with Gasteiger partial charge in [-0.2, -0.15) is 0 Å². The number of hydrogen-bond acceptors (Lipinski definition) is 5. The number of nitrogens with zero attached hydrogens (tertiary/aromatic N) is 1. The van der Waals surface area contributed by atoms with Gasteiger partial charge in [0.25, 0.3) is 0 Å². The number of nitrogens with two attached hydrogens (primary N) is 1. The van der Waals surface area contributed by atoms with Gasteiger partial charge in [-0.05, 0) is 48.0 Å². The largest absolute Gasteiger partial charge is 0.459 e. The van der Waals surface area contributed by atoms with Crippen molar-refractivity contribution in [3.8, 4) is 0 Å². The topological polar surface area (TPSA) is 81.9 Å². The number of esters is 1. The maximum atomic E-state index is 12.0. The third kappa shape index (κ3) is 5.91. The molecule has 6 heteroatoms. The summed E-state index contributed by atoms with van der Waals surface area (Å²) in [5.41, 5.74) is 4.88. The van der Waals surface area contributed by atoms with Crippen LogP contribution >= 0.6 is 0 Å². The number of rotatable bonds is 2. The van der Waals surface area contributed by atoms with Crippen molar-refractivity contribution in [2.45, 2.75) is 65.2 Å². The second-order valence-electron chi connectivity index (χ2n) is 7.53. The van der Waals surface area contributed by atoms with Crippen molar-refractivity contribution >= 4 is 12.1 Å². The zero-order valence-electron chi connectivity index (χ0n) is 13.9. The Hall–Kier alpha value is -1.30. The highest BCUT2D eigenvalue weighted by Gasteiger charge is 2.36. The molecule has 1 aliphatic rings. The normalized spacial score (nSPS) is 21.1. The fourth-order valence-corrected chi connectivity index (χ4v) is 2.14. The fraction of sp³-hybridized carbons (Fsp3) is 0.867. The maximum absolute atomic E-state index is 12.0. The summed E-state index contributed by atoms with van der Waals surface area (Å²) in [6, 6.07) is -0.711. The minimum absolute atomic E-state index is 0.0904. The van der Waals surface area contributed by atoms with Crippen LogP contribution in [0.25, 0.3) is 0 Å². The van der Waals surface area contributed by atoms with E-state index in [1.807, 2.05) is 20.8 Å². The highest BCUT2D eigenvalue weighted by molar-refractivity contribution is 5.76. The van der Waals surface area contributed by atoms with Gasteiger partial charge in [0.1, 0.15) is 17.2 Å². The first-order chi connectivity index (χ1) is 9.39. The molecule has 1 aliphatic heterocycles. The fourth-order valence-electron chi connectivity index (χ4n) is 2.14. The Labute approximate surface area is 126 Å². The van der Waals surface area contributed by atoms with Crippen LogP contribution in [0.3, 0.4) is 0 Å². The second-order valence-corrected chi connectivity index (χ2v) is 7.53. The third-order valence-corrected chi connectivity index (χ3v) is 3.06. The Kier molecular flexibility index (Phi) is 5.25. The minimum Gasteiger partial charge on any atom is -0.459 e. The number of likely N-dealkylation sites (tertiary alicyclic amines) is 1. The van der Waals surface area contributed by atoms with Gasteiger partial charge in [-0.15, -0.1) is 0 Å². The van der Waals surface area contributed by atoms with Crippen molar-refractivity contribution in [3.63, 3.8) is 0 Å². The van der Waals surface area contributed by atoms with E-state index in [0.717, 1.165) is 0 Å². The predicted octanol–water partition coefficient (Wildman–Crippen LogP) is 1.91. The molecule has 2 unspecified atom stereocenters. The van der Waals surface area contributed by atoms with Gasteiger partial charge in [0.2, 0.25) is 0 Å². The van der Waals surface area contributed by atoms with Crippen molar-refractivity contribution in [2.24, 2.45) is 11.7 Å². The molecule has 1 rings (SSSR count). The quantitative estimate of drug-likeness (QED) is 0.788. The Morgan fingerprint density at radius 1 is 1.10 bits per heavy atom. The van der Waals surface area contributed by atoms with E-state index in [0.29, 0.717) is 19.5 Å². The molecule has 2 N–H and O–H groups in total. The Bertz CT molecular complexity index is 395. The number of ether oxygens (including phenoxy) is 2. The first-order valence-electron chi connectivity index (χ1n) is 7.35. The van der Waals surface area contributed by atoms with Gasteiger partial charge in [-0.3, -0.25) is 4.79 Å². The Morgan fingerprint density at radius 3 is 2.10 bits per heavy atom. The van der Waals surface area contributed by atoms with E-state index in [2.05, 4.69) is 0 Å². The highest BCUT2D eigenvalue weighted by Crippen LogP contribution is 2.23. The summed E-state index contributed by atoms with van der Waals surface area (Å²) in [5, 5.41) is 0. The molecule has 0 aromatic rings. The lowest BCUT2D eigenvalue weighted by molar-refractivity contribution is -0.157. The number of carbonyl (C=O) groups excluding carboxylic acids is 2. The molecule has 1 saturated heterocycles. The third-order valence-electron chi connectivity index (χ3n) is 3.06. The summed E-state index contributed by atoms with van der Waals surface area (Å²) in [5.74, 6) is -0.508. The highest BCUT2D eigenvalue weighted by atomic mass is 16.6. The minimum atomic E-state index is -0.711. The first kappa shape index (κ1) is 17.8. The van der Waals surface area contributed by atoms with Gasteiger partial charge in [0.05, 0.1) is 0 Å². The van der Waals surface area contributed by atoms with Crippen LogP contribution < -0.4 is 5.73 Å². The van der Waals surface area contributed by atoms with Crippen LogP contribution in [0.15, 0.2) is 0 Å². The second kappa shape index (κ2) is 6.22. The lowest BCUT2D eigenvalue weighted by Gasteiger charge is -2.26. The molecule has 21 heavy (non-hydrogen) atoms. The zero-order chi connectivity index (χ0) is 16.4. The van der Waals surface area contributed by atoms with Crippen LogP contribution in [0, 0.1) is 5.92 Å². The van der Waals surface area contributed by atoms with Crippen LogP contribution in [0.4, 0.5) is 4.79 Å². The number of carbonyl (C=O) groups is 2. The van der Waals surface area contributed by atoms with Crippen LogP contribution in [-0.2, 0) is 14.3 Å². The van der Waals surface area contributed by atoms with Crippen LogP contribution in [-0.4, -0.2) is 47.3 Å². The van der Waals surface area contributed by atoms with Gasteiger partial charge in [-0.25, -0.2) is 4.79 Å². The SMILES string of the molecule is CC(C)(C)OC(=O)C(N)C1CCN(C(=O)OC(C)(C)C)C1. The summed E-state index contributed by atoms with van der Waals surface area (Å²) >= 11 is 0. The van der Waals surface area contributed by atoms with E-state index in [9.17, 15) is 9.59 Å². The van der Waals surface area contributed by atoms with E-state index < -0.39 is 23.2 Å². The van der Waals surface area contributed by atoms with E-state index in [1.165, 1.54) is 0 Å². The Balaban J connectivity index is 2.54. The van der Waals surface area contributed by atoms with E-state index in [-0.39, 0.29) is 12.0 Å². The van der Waals surface area contributed by atoms with E-state index >= 15 is 0 Å². The van der Waals surface area contributed by atoms with Gasteiger partial charge in [0, 0.05) is 19.0 Å². The van der Waals surface area contributed by atoms with Gasteiger partial charge in [-0.1, -0.05) is 0 Å². The smallest absolute Gasteiger partial charge is 0.410 e. The molecule has 1 heterocycles. The molecule has 0 bridgehead atoms. The van der Waals surface area contributed by atoms with Crippen molar-refractivity contribution in [2.75, 3.05) is 13.1 Å². The monoisotopic (exact) mass is 300 g/mol. The first-order valence-corrected chi connectivity index (χ1v) is 7.35. The van der Waals surface area contributed by atoms with Crippen molar-refractivity contribution in [1.82, 2.24) is 4.90 Å². The lowest BCUT2D eigenvalue weighted by atomic mass is 10.00. The van der Waals surface area contributed by atoms with Gasteiger partial charge in [0.15, 0.2) is 0 Å². The molecule has 122 valence electrons. The lowest BCUT2D eigenvalue weighted by Crippen LogP contribution is -2.44. The molecule has 0 spiro atoms. The average Bonchev–Trinajstić information content (AvgIpc) is 2.72. The van der Waals surface area contributed by atoms with E-state index in [1.54, 1.807) is 25.7 Å². The van der Waals surface area contributed by atoms with E-state index in [4.69, 9.17) is 15.2 Å². The molecule has 0 saturated carbocycles.